The van der Waals surface area contributed by atoms with Gasteiger partial charge in [-0.25, -0.2) is 4.98 Å². The summed E-state index contributed by atoms with van der Waals surface area (Å²) in [6, 6.07) is 12.1. The third kappa shape index (κ3) is 3.41. The van der Waals surface area contributed by atoms with Crippen LogP contribution in [0.1, 0.15) is 17.5 Å². The first-order valence-electron chi connectivity index (χ1n) is 8.46. The van der Waals surface area contributed by atoms with Crippen LogP contribution in [0.4, 0.5) is 5.82 Å². The predicted molar refractivity (Wildman–Crippen MR) is 91.9 cm³/mol. The fourth-order valence-electron chi connectivity index (χ4n) is 3.45. The number of aromatic nitrogens is 1. The van der Waals surface area contributed by atoms with Gasteiger partial charge in [-0.2, -0.15) is 0 Å². The zero-order chi connectivity index (χ0) is 16.4. The highest BCUT2D eigenvalue weighted by molar-refractivity contribution is 5.81. The summed E-state index contributed by atoms with van der Waals surface area (Å²) in [5.74, 6) is 2.17. The van der Waals surface area contributed by atoms with Crippen molar-refractivity contribution in [1.29, 1.82) is 0 Å². The van der Waals surface area contributed by atoms with E-state index in [9.17, 15) is 4.79 Å². The molecule has 2 aromatic rings. The predicted octanol–water partition coefficient (Wildman–Crippen LogP) is 2.48. The van der Waals surface area contributed by atoms with Crippen molar-refractivity contribution in [3.8, 4) is 5.75 Å². The van der Waals surface area contributed by atoms with Gasteiger partial charge in [0.25, 0.3) is 0 Å². The maximum atomic E-state index is 11.3. The summed E-state index contributed by atoms with van der Waals surface area (Å²) >= 11 is 0. The minimum atomic E-state index is -0.149. The van der Waals surface area contributed by atoms with Crippen LogP contribution in [0.15, 0.2) is 42.6 Å². The fraction of sp³-hybridized carbons (Fsp3) is 0.368. The maximum absolute atomic E-state index is 11.3. The molecule has 0 amide bonds. The Morgan fingerprint density at radius 3 is 3.12 bits per heavy atom. The standard InChI is InChI=1S/C19H21N3O2/c23-19-10-16-5-4-14(9-17(16)24-19)12-22-8-6-15(13-22)11-21-18-3-1-2-7-20-18/h1-5,7,9,15H,6,8,10-13H2,(H,20,21)/t15-/m1/s1. The largest absolute Gasteiger partial charge is 0.426 e. The van der Waals surface area contributed by atoms with E-state index in [0.29, 0.717) is 12.3 Å². The van der Waals surface area contributed by atoms with E-state index in [-0.39, 0.29) is 5.97 Å². The second kappa shape index (κ2) is 6.61. The molecular formula is C19H21N3O2. The van der Waals surface area contributed by atoms with Gasteiger partial charge in [0, 0.05) is 31.4 Å². The highest BCUT2D eigenvalue weighted by Crippen LogP contribution is 2.28. The van der Waals surface area contributed by atoms with Gasteiger partial charge in [0.1, 0.15) is 11.6 Å². The molecule has 0 aliphatic carbocycles. The van der Waals surface area contributed by atoms with Crippen LogP contribution in [0.5, 0.6) is 5.75 Å². The fourth-order valence-corrected chi connectivity index (χ4v) is 3.45. The molecule has 2 aliphatic rings. The average Bonchev–Trinajstić information content (AvgIpc) is 3.19. The normalized spacial score (nSPS) is 20.0. The molecule has 1 fully saturated rings. The first kappa shape index (κ1) is 15.1. The van der Waals surface area contributed by atoms with Crippen molar-refractivity contribution in [1.82, 2.24) is 9.88 Å². The molecule has 3 heterocycles. The number of fused-ring (bicyclic) bond motifs is 1. The molecule has 0 bridgehead atoms. The Hall–Kier alpha value is -2.40. The van der Waals surface area contributed by atoms with Gasteiger partial charge >= 0.3 is 5.97 Å². The van der Waals surface area contributed by atoms with Gasteiger partial charge < -0.3 is 10.1 Å². The number of anilines is 1. The van der Waals surface area contributed by atoms with Crippen LogP contribution < -0.4 is 10.1 Å². The smallest absolute Gasteiger partial charge is 0.315 e. The number of ether oxygens (including phenoxy) is 1. The summed E-state index contributed by atoms with van der Waals surface area (Å²) in [5, 5.41) is 3.41. The summed E-state index contributed by atoms with van der Waals surface area (Å²) in [4.78, 5) is 18.1. The lowest BCUT2D eigenvalue weighted by atomic mass is 10.1. The van der Waals surface area contributed by atoms with Crippen LogP contribution in [0.25, 0.3) is 0 Å². The number of benzene rings is 1. The van der Waals surface area contributed by atoms with Crippen molar-refractivity contribution in [2.45, 2.75) is 19.4 Å². The Morgan fingerprint density at radius 1 is 1.29 bits per heavy atom. The van der Waals surface area contributed by atoms with E-state index >= 15 is 0 Å². The molecule has 4 rings (SSSR count). The van der Waals surface area contributed by atoms with Crippen LogP contribution in [0, 0.1) is 5.92 Å². The van der Waals surface area contributed by atoms with E-state index in [4.69, 9.17) is 4.74 Å². The number of hydrogen-bond acceptors (Lipinski definition) is 5. The SMILES string of the molecule is O=C1Cc2ccc(CN3CC[C@H](CNc4ccccn4)C3)cc2O1. The number of nitrogens with one attached hydrogen (secondary N) is 1. The van der Waals surface area contributed by atoms with Gasteiger partial charge in [0.05, 0.1) is 6.42 Å². The van der Waals surface area contributed by atoms with E-state index in [1.54, 1.807) is 0 Å². The van der Waals surface area contributed by atoms with Crippen molar-refractivity contribution in [2.75, 3.05) is 25.0 Å². The Morgan fingerprint density at radius 2 is 2.25 bits per heavy atom. The molecule has 124 valence electrons. The zero-order valence-corrected chi connectivity index (χ0v) is 13.6. The molecule has 0 unspecified atom stereocenters. The highest BCUT2D eigenvalue weighted by atomic mass is 16.5. The number of pyridine rings is 1. The molecule has 0 saturated carbocycles. The summed E-state index contributed by atoms with van der Waals surface area (Å²) in [6.07, 6.45) is 3.41. The van der Waals surface area contributed by atoms with Crippen LogP contribution in [-0.2, 0) is 17.8 Å². The molecule has 5 nitrogen and oxygen atoms in total. The summed E-state index contributed by atoms with van der Waals surface area (Å²) in [6.45, 7) is 4.04. The third-order valence-electron chi connectivity index (χ3n) is 4.70. The number of carbonyl (C=O) groups is 1. The molecule has 5 heteroatoms. The van der Waals surface area contributed by atoms with E-state index in [0.717, 1.165) is 43.3 Å². The lowest BCUT2D eigenvalue weighted by Gasteiger charge is -2.17. The molecule has 1 aromatic carbocycles. The Kier molecular flexibility index (Phi) is 4.17. The lowest BCUT2D eigenvalue weighted by molar-refractivity contribution is -0.131. The molecule has 24 heavy (non-hydrogen) atoms. The van der Waals surface area contributed by atoms with Crippen molar-refractivity contribution in [2.24, 2.45) is 5.92 Å². The maximum Gasteiger partial charge on any atom is 0.315 e. The molecule has 0 radical (unpaired) electrons. The molecule has 1 aromatic heterocycles. The average molecular weight is 323 g/mol. The second-order valence-electron chi connectivity index (χ2n) is 6.58. The molecule has 1 saturated heterocycles. The van der Waals surface area contributed by atoms with E-state index in [1.807, 2.05) is 36.5 Å². The molecule has 0 spiro atoms. The molecular weight excluding hydrogens is 302 g/mol. The molecule has 1 atom stereocenters. The van der Waals surface area contributed by atoms with Crippen molar-refractivity contribution >= 4 is 11.8 Å². The number of esters is 1. The lowest BCUT2D eigenvalue weighted by Crippen LogP contribution is -2.22. The quantitative estimate of drug-likeness (QED) is 0.677. The van der Waals surface area contributed by atoms with Crippen LogP contribution >= 0.6 is 0 Å². The summed E-state index contributed by atoms with van der Waals surface area (Å²) < 4.78 is 5.25. The Balaban J connectivity index is 1.30. The van der Waals surface area contributed by atoms with Crippen LogP contribution in [-0.4, -0.2) is 35.5 Å². The Bertz CT molecular complexity index is 733. The Labute approximate surface area is 141 Å². The first-order chi connectivity index (χ1) is 11.8. The van der Waals surface area contributed by atoms with Gasteiger partial charge in [-0.05, 0) is 42.6 Å². The number of nitrogens with zero attached hydrogens (tertiary/aromatic N) is 2. The number of carbonyl (C=O) groups excluding carboxylic acids is 1. The van der Waals surface area contributed by atoms with Gasteiger partial charge in [-0.3, -0.25) is 9.69 Å². The van der Waals surface area contributed by atoms with Gasteiger partial charge in [0.15, 0.2) is 0 Å². The summed E-state index contributed by atoms with van der Waals surface area (Å²) in [7, 11) is 0. The van der Waals surface area contributed by atoms with Crippen molar-refractivity contribution < 1.29 is 9.53 Å². The van der Waals surface area contributed by atoms with Gasteiger partial charge in [0.2, 0.25) is 0 Å². The highest BCUT2D eigenvalue weighted by Gasteiger charge is 2.24. The molecule has 2 aliphatic heterocycles. The topological polar surface area (TPSA) is 54.5 Å². The number of likely N-dealkylation sites (tertiary alicyclic amines) is 1. The monoisotopic (exact) mass is 323 g/mol. The van der Waals surface area contributed by atoms with Crippen molar-refractivity contribution in [3.05, 3.63) is 53.7 Å². The second-order valence-corrected chi connectivity index (χ2v) is 6.58. The van der Waals surface area contributed by atoms with E-state index in [2.05, 4.69) is 21.3 Å². The third-order valence-corrected chi connectivity index (χ3v) is 4.70. The van der Waals surface area contributed by atoms with Gasteiger partial charge in [-0.15, -0.1) is 0 Å². The van der Waals surface area contributed by atoms with Crippen LogP contribution in [0.3, 0.4) is 0 Å². The zero-order valence-electron chi connectivity index (χ0n) is 13.6. The van der Waals surface area contributed by atoms with Gasteiger partial charge in [-0.1, -0.05) is 18.2 Å². The van der Waals surface area contributed by atoms with Crippen LogP contribution in [0.2, 0.25) is 0 Å². The van der Waals surface area contributed by atoms with Crippen molar-refractivity contribution in [3.63, 3.8) is 0 Å². The molecule has 1 N–H and O–H groups in total. The number of hydrogen-bond donors (Lipinski definition) is 1. The minimum absolute atomic E-state index is 0.149. The minimum Gasteiger partial charge on any atom is -0.426 e. The first-order valence-corrected chi connectivity index (χ1v) is 8.46. The van der Waals surface area contributed by atoms with E-state index < -0.39 is 0 Å². The summed E-state index contributed by atoms with van der Waals surface area (Å²) in [5.41, 5.74) is 2.21. The van der Waals surface area contributed by atoms with E-state index in [1.165, 1.54) is 12.0 Å². The number of rotatable bonds is 5.